The number of nitrogens with zero attached hydrogens (tertiary/aromatic N) is 2. The SMILES string of the molecule is CCc1nc(CN=C(N)NC2CCOc3ccccc32)cs1. The van der Waals surface area contributed by atoms with E-state index >= 15 is 0 Å². The molecule has 0 amide bonds. The topological polar surface area (TPSA) is 72.5 Å². The Kier molecular flexibility index (Phi) is 4.58. The summed E-state index contributed by atoms with van der Waals surface area (Å²) in [6, 6.07) is 8.18. The van der Waals surface area contributed by atoms with Crippen molar-refractivity contribution in [2.45, 2.75) is 32.4 Å². The van der Waals surface area contributed by atoms with Gasteiger partial charge in [0.25, 0.3) is 0 Å². The first kappa shape index (κ1) is 14.8. The molecule has 3 N–H and O–H groups in total. The van der Waals surface area contributed by atoms with Crippen LogP contribution in [0.3, 0.4) is 0 Å². The average Bonchev–Trinajstić information content (AvgIpc) is 3.01. The number of benzene rings is 1. The molecule has 5 nitrogen and oxygen atoms in total. The van der Waals surface area contributed by atoms with Crippen molar-refractivity contribution in [1.29, 1.82) is 0 Å². The van der Waals surface area contributed by atoms with E-state index in [0.29, 0.717) is 19.1 Å². The number of aryl methyl sites for hydroxylation is 1. The molecule has 0 bridgehead atoms. The van der Waals surface area contributed by atoms with Gasteiger partial charge in [0.05, 0.1) is 29.9 Å². The zero-order valence-corrected chi connectivity index (χ0v) is 13.4. The molecule has 0 spiro atoms. The minimum absolute atomic E-state index is 0.148. The molecular formula is C16H20N4OS. The van der Waals surface area contributed by atoms with Gasteiger partial charge in [-0.25, -0.2) is 9.98 Å². The van der Waals surface area contributed by atoms with Crippen LogP contribution in [0.4, 0.5) is 0 Å². The Morgan fingerprint density at radius 2 is 2.36 bits per heavy atom. The molecule has 1 aliphatic rings. The Hall–Kier alpha value is -2.08. The molecule has 1 aromatic heterocycles. The number of rotatable bonds is 4. The number of thiazole rings is 1. The smallest absolute Gasteiger partial charge is 0.189 e. The Morgan fingerprint density at radius 1 is 1.50 bits per heavy atom. The van der Waals surface area contributed by atoms with Crippen molar-refractivity contribution in [1.82, 2.24) is 10.3 Å². The molecule has 2 aromatic rings. The fraction of sp³-hybridized carbons (Fsp3) is 0.375. The van der Waals surface area contributed by atoms with Crippen molar-refractivity contribution in [3.63, 3.8) is 0 Å². The summed E-state index contributed by atoms with van der Waals surface area (Å²) in [7, 11) is 0. The molecule has 22 heavy (non-hydrogen) atoms. The summed E-state index contributed by atoms with van der Waals surface area (Å²) in [4.78, 5) is 8.89. The van der Waals surface area contributed by atoms with Gasteiger partial charge in [-0.05, 0) is 12.5 Å². The number of hydrogen-bond acceptors (Lipinski definition) is 4. The number of hydrogen-bond donors (Lipinski definition) is 2. The van der Waals surface area contributed by atoms with Crippen LogP contribution in [0.25, 0.3) is 0 Å². The molecule has 2 heterocycles. The Labute approximate surface area is 134 Å². The van der Waals surface area contributed by atoms with Gasteiger partial charge in [0, 0.05) is 17.4 Å². The van der Waals surface area contributed by atoms with Gasteiger partial charge < -0.3 is 15.8 Å². The summed E-state index contributed by atoms with van der Waals surface area (Å²) in [6.45, 7) is 3.30. The molecule has 0 radical (unpaired) electrons. The van der Waals surface area contributed by atoms with E-state index in [1.165, 1.54) is 0 Å². The van der Waals surface area contributed by atoms with E-state index in [0.717, 1.165) is 34.9 Å². The summed E-state index contributed by atoms with van der Waals surface area (Å²) in [5.41, 5.74) is 8.13. The highest BCUT2D eigenvalue weighted by Crippen LogP contribution is 2.31. The molecule has 116 valence electrons. The Morgan fingerprint density at radius 3 is 3.18 bits per heavy atom. The van der Waals surface area contributed by atoms with Gasteiger partial charge >= 0.3 is 0 Å². The van der Waals surface area contributed by atoms with Gasteiger partial charge in [-0.2, -0.15) is 0 Å². The second kappa shape index (κ2) is 6.79. The van der Waals surface area contributed by atoms with E-state index in [2.05, 4.69) is 28.3 Å². The highest BCUT2D eigenvalue weighted by atomic mass is 32.1. The fourth-order valence-corrected chi connectivity index (χ4v) is 3.20. The molecule has 1 aliphatic heterocycles. The summed E-state index contributed by atoms with van der Waals surface area (Å²) >= 11 is 1.67. The standard InChI is InChI=1S/C16H20N4OS/c1-2-15-19-11(10-22-15)9-18-16(17)20-13-7-8-21-14-6-4-3-5-12(13)14/h3-6,10,13H,2,7-9H2,1H3,(H3,17,18,20). The molecule has 6 heteroatoms. The molecular weight excluding hydrogens is 296 g/mol. The van der Waals surface area contributed by atoms with Gasteiger partial charge in [0.1, 0.15) is 5.75 Å². The van der Waals surface area contributed by atoms with E-state index in [-0.39, 0.29) is 6.04 Å². The van der Waals surface area contributed by atoms with E-state index in [1.54, 1.807) is 11.3 Å². The number of aromatic nitrogens is 1. The quantitative estimate of drug-likeness (QED) is 0.672. The molecule has 1 atom stereocenters. The van der Waals surface area contributed by atoms with Crippen LogP contribution in [0.1, 0.15) is 35.7 Å². The van der Waals surface area contributed by atoms with E-state index in [1.807, 2.05) is 23.6 Å². The van der Waals surface area contributed by atoms with Crippen molar-refractivity contribution in [2.75, 3.05) is 6.61 Å². The monoisotopic (exact) mass is 316 g/mol. The number of para-hydroxylation sites is 1. The number of fused-ring (bicyclic) bond motifs is 1. The van der Waals surface area contributed by atoms with Gasteiger partial charge in [-0.1, -0.05) is 25.1 Å². The maximum absolute atomic E-state index is 6.02. The van der Waals surface area contributed by atoms with E-state index in [4.69, 9.17) is 10.5 Å². The van der Waals surface area contributed by atoms with Crippen molar-refractivity contribution in [2.24, 2.45) is 10.7 Å². The van der Waals surface area contributed by atoms with Gasteiger partial charge in [0.2, 0.25) is 0 Å². The highest BCUT2D eigenvalue weighted by molar-refractivity contribution is 7.09. The number of nitrogens with two attached hydrogens (primary N) is 1. The van der Waals surface area contributed by atoms with E-state index in [9.17, 15) is 0 Å². The zero-order chi connectivity index (χ0) is 15.4. The number of ether oxygens (including phenoxy) is 1. The maximum atomic E-state index is 6.02. The minimum Gasteiger partial charge on any atom is -0.493 e. The highest BCUT2D eigenvalue weighted by Gasteiger charge is 2.21. The third-order valence-corrected chi connectivity index (χ3v) is 4.64. The fourth-order valence-electron chi connectivity index (χ4n) is 2.47. The zero-order valence-electron chi connectivity index (χ0n) is 12.6. The average molecular weight is 316 g/mol. The number of guanidine groups is 1. The molecule has 0 aliphatic carbocycles. The Balaban J connectivity index is 1.64. The molecule has 1 unspecified atom stereocenters. The second-order valence-electron chi connectivity index (χ2n) is 5.16. The summed E-state index contributed by atoms with van der Waals surface area (Å²) in [5, 5.41) is 6.46. The third kappa shape index (κ3) is 3.39. The third-order valence-electron chi connectivity index (χ3n) is 3.59. The first-order valence-corrected chi connectivity index (χ1v) is 8.35. The van der Waals surface area contributed by atoms with Crippen LogP contribution < -0.4 is 15.8 Å². The van der Waals surface area contributed by atoms with Crippen LogP contribution in [-0.2, 0) is 13.0 Å². The lowest BCUT2D eigenvalue weighted by Crippen LogP contribution is -2.37. The summed E-state index contributed by atoms with van der Waals surface area (Å²) in [6.07, 6.45) is 1.84. The van der Waals surface area contributed by atoms with Gasteiger partial charge in [0.15, 0.2) is 5.96 Å². The first-order valence-electron chi connectivity index (χ1n) is 7.47. The van der Waals surface area contributed by atoms with Crippen LogP contribution >= 0.6 is 11.3 Å². The van der Waals surface area contributed by atoms with Crippen LogP contribution in [0.15, 0.2) is 34.6 Å². The normalized spacial score (nSPS) is 17.7. The lowest BCUT2D eigenvalue weighted by molar-refractivity contribution is 0.262. The minimum atomic E-state index is 0.148. The molecule has 1 aromatic carbocycles. The van der Waals surface area contributed by atoms with Crippen LogP contribution in [0.2, 0.25) is 0 Å². The lowest BCUT2D eigenvalue weighted by Gasteiger charge is -2.26. The predicted molar refractivity (Wildman–Crippen MR) is 89.2 cm³/mol. The molecule has 0 fully saturated rings. The van der Waals surface area contributed by atoms with Crippen molar-refractivity contribution in [3.05, 3.63) is 45.9 Å². The van der Waals surface area contributed by atoms with Crippen molar-refractivity contribution < 1.29 is 4.74 Å². The second-order valence-corrected chi connectivity index (χ2v) is 6.10. The van der Waals surface area contributed by atoms with Crippen LogP contribution in [0, 0.1) is 0 Å². The summed E-state index contributed by atoms with van der Waals surface area (Å²) < 4.78 is 5.65. The van der Waals surface area contributed by atoms with E-state index < -0.39 is 0 Å². The van der Waals surface area contributed by atoms with Crippen molar-refractivity contribution >= 4 is 17.3 Å². The largest absolute Gasteiger partial charge is 0.493 e. The number of nitrogens with one attached hydrogen (secondary N) is 1. The molecule has 0 saturated heterocycles. The Bertz CT molecular complexity index is 668. The number of aliphatic imine (C=N–C) groups is 1. The van der Waals surface area contributed by atoms with Crippen LogP contribution in [0.5, 0.6) is 5.75 Å². The summed E-state index contributed by atoms with van der Waals surface area (Å²) in [5.74, 6) is 1.37. The predicted octanol–water partition coefficient (Wildman–Crippen LogP) is 2.63. The molecule has 0 saturated carbocycles. The maximum Gasteiger partial charge on any atom is 0.189 e. The van der Waals surface area contributed by atoms with Crippen LogP contribution in [-0.4, -0.2) is 17.6 Å². The first-order chi connectivity index (χ1) is 10.8. The van der Waals surface area contributed by atoms with Gasteiger partial charge in [-0.15, -0.1) is 11.3 Å². The lowest BCUT2D eigenvalue weighted by atomic mass is 10.0. The molecule has 3 rings (SSSR count). The van der Waals surface area contributed by atoms with Crippen molar-refractivity contribution in [3.8, 4) is 5.75 Å². The van der Waals surface area contributed by atoms with Gasteiger partial charge in [-0.3, -0.25) is 0 Å².